The van der Waals surface area contributed by atoms with Crippen molar-refractivity contribution in [3.8, 4) is 0 Å². The summed E-state index contributed by atoms with van der Waals surface area (Å²) in [5.41, 5.74) is -1.09. The molecule has 1 heterocycles. The smallest absolute Gasteiger partial charge is 0.168 e. The minimum atomic E-state index is -1.00. The van der Waals surface area contributed by atoms with Crippen molar-refractivity contribution in [1.82, 2.24) is 0 Å². The van der Waals surface area contributed by atoms with E-state index in [9.17, 15) is 15.0 Å². The summed E-state index contributed by atoms with van der Waals surface area (Å²) < 4.78 is 6.10. The van der Waals surface area contributed by atoms with Crippen LogP contribution in [-0.2, 0) is 9.53 Å². The lowest BCUT2D eigenvalue weighted by Crippen LogP contribution is -2.50. The minimum Gasteiger partial charge on any atom is -0.386 e. The first-order chi connectivity index (χ1) is 11.1. The van der Waals surface area contributed by atoms with Gasteiger partial charge in [0.25, 0.3) is 0 Å². The van der Waals surface area contributed by atoms with Crippen LogP contribution >= 0.6 is 0 Å². The summed E-state index contributed by atoms with van der Waals surface area (Å²) in [4.78, 5) is 13.4. The van der Waals surface area contributed by atoms with Crippen molar-refractivity contribution in [3.63, 3.8) is 0 Å². The molecule has 9 unspecified atom stereocenters. The van der Waals surface area contributed by atoms with Crippen LogP contribution in [0.5, 0.6) is 0 Å². The third-order valence-electron chi connectivity index (χ3n) is 9.41. The molecule has 9 atom stereocenters. The molecule has 0 aromatic heterocycles. The number of Topliss-reactive ketones (excluding diaryl/α,β-unsaturated/α-hetero) is 1. The van der Waals surface area contributed by atoms with Crippen molar-refractivity contribution in [3.05, 3.63) is 12.2 Å². The van der Waals surface area contributed by atoms with Crippen molar-refractivity contribution >= 4 is 5.78 Å². The summed E-state index contributed by atoms with van der Waals surface area (Å²) in [6.45, 7) is 12.7. The lowest BCUT2D eigenvalue weighted by Gasteiger charge is -2.46. The second-order valence-corrected chi connectivity index (χ2v) is 9.75. The fourth-order valence-electron chi connectivity index (χ4n) is 8.29. The normalized spacial score (nSPS) is 63.5. The molecule has 24 heavy (non-hydrogen) atoms. The van der Waals surface area contributed by atoms with E-state index in [1.165, 1.54) is 0 Å². The number of aliphatic hydroxyl groups excluding tert-OH is 2. The van der Waals surface area contributed by atoms with Gasteiger partial charge in [-0.2, -0.15) is 0 Å². The molecule has 0 bridgehead atoms. The van der Waals surface area contributed by atoms with Crippen LogP contribution in [0.2, 0.25) is 0 Å². The van der Waals surface area contributed by atoms with Gasteiger partial charge >= 0.3 is 0 Å². The molecule has 5 aliphatic rings. The Hall–Kier alpha value is -0.710. The molecular formula is C20H28O4. The number of hydrogen-bond donors (Lipinski definition) is 2. The SMILES string of the molecule is C=C1C(O)C2OC23C1CC12CCC(C(C)C)C1(C)C(=O)C(O)C32C. The maximum absolute atomic E-state index is 13.4. The lowest BCUT2D eigenvalue weighted by molar-refractivity contribution is -0.138. The Morgan fingerprint density at radius 2 is 1.96 bits per heavy atom. The summed E-state index contributed by atoms with van der Waals surface area (Å²) >= 11 is 0. The van der Waals surface area contributed by atoms with E-state index in [2.05, 4.69) is 34.3 Å². The molecule has 4 nitrogen and oxygen atoms in total. The summed E-state index contributed by atoms with van der Waals surface area (Å²) in [6, 6.07) is 0. The van der Waals surface area contributed by atoms with E-state index in [-0.39, 0.29) is 23.2 Å². The van der Waals surface area contributed by atoms with Crippen LogP contribution in [-0.4, -0.2) is 39.9 Å². The van der Waals surface area contributed by atoms with E-state index >= 15 is 0 Å². The summed E-state index contributed by atoms with van der Waals surface area (Å²) in [5, 5.41) is 21.6. The third-order valence-corrected chi connectivity index (χ3v) is 9.41. The first kappa shape index (κ1) is 15.5. The molecule has 1 saturated heterocycles. The highest BCUT2D eigenvalue weighted by atomic mass is 16.6. The van der Waals surface area contributed by atoms with Crippen LogP contribution in [0.1, 0.15) is 47.0 Å². The standard InChI is InChI=1S/C20H28O4/c1-9(2)11-6-7-19-8-12-10(3)13(21)16-20(12,24-16)18(19,5)15(23)14(22)17(11,19)4/h9,11-13,15-16,21,23H,3,6-8H2,1-2,4-5H3. The first-order valence-electron chi connectivity index (χ1n) is 9.38. The molecule has 4 aliphatic carbocycles. The summed E-state index contributed by atoms with van der Waals surface area (Å²) in [6.07, 6.45) is 0.868. The minimum absolute atomic E-state index is 0.00952. The van der Waals surface area contributed by atoms with Gasteiger partial charge in [0.15, 0.2) is 5.78 Å². The van der Waals surface area contributed by atoms with Gasteiger partial charge in [0.2, 0.25) is 0 Å². The van der Waals surface area contributed by atoms with Gasteiger partial charge in [-0.1, -0.05) is 34.3 Å². The van der Waals surface area contributed by atoms with E-state index in [1.807, 2.05) is 0 Å². The van der Waals surface area contributed by atoms with Gasteiger partial charge in [-0.25, -0.2) is 0 Å². The first-order valence-corrected chi connectivity index (χ1v) is 9.38. The topological polar surface area (TPSA) is 70.1 Å². The molecule has 0 radical (unpaired) electrons. The number of ketones is 1. The molecule has 2 N–H and O–H groups in total. The molecule has 1 aliphatic heterocycles. The summed E-state index contributed by atoms with van der Waals surface area (Å²) in [7, 11) is 0. The van der Waals surface area contributed by atoms with Crippen molar-refractivity contribution in [1.29, 1.82) is 0 Å². The zero-order chi connectivity index (χ0) is 17.4. The fourth-order valence-corrected chi connectivity index (χ4v) is 8.29. The van der Waals surface area contributed by atoms with Gasteiger partial charge in [-0.15, -0.1) is 0 Å². The maximum Gasteiger partial charge on any atom is 0.168 e. The number of carbonyl (C=O) groups is 1. The van der Waals surface area contributed by atoms with Crippen molar-refractivity contribution in [2.45, 2.75) is 70.9 Å². The Labute approximate surface area is 143 Å². The number of epoxide rings is 1. The Morgan fingerprint density at radius 1 is 1.29 bits per heavy atom. The summed E-state index contributed by atoms with van der Waals surface area (Å²) in [5.74, 6) is 0.786. The molecule has 5 fully saturated rings. The molecule has 4 saturated carbocycles. The maximum atomic E-state index is 13.4. The fraction of sp³-hybridized carbons (Fsp3) is 0.850. The van der Waals surface area contributed by atoms with Gasteiger partial charge in [-0.05, 0) is 42.1 Å². The van der Waals surface area contributed by atoms with E-state index < -0.39 is 28.6 Å². The van der Waals surface area contributed by atoms with Gasteiger partial charge < -0.3 is 14.9 Å². The van der Waals surface area contributed by atoms with Crippen LogP contribution < -0.4 is 0 Å². The average molecular weight is 332 g/mol. The number of aliphatic hydroxyl groups is 2. The van der Waals surface area contributed by atoms with E-state index in [0.29, 0.717) is 11.8 Å². The third kappa shape index (κ3) is 1.08. The Bertz CT molecular complexity index is 685. The zero-order valence-electron chi connectivity index (χ0n) is 15.0. The number of carbonyl (C=O) groups excluding carboxylic acids is 1. The van der Waals surface area contributed by atoms with Gasteiger partial charge in [-0.3, -0.25) is 4.79 Å². The van der Waals surface area contributed by atoms with Gasteiger partial charge in [0, 0.05) is 16.7 Å². The molecule has 0 amide bonds. The zero-order valence-corrected chi connectivity index (χ0v) is 15.0. The largest absolute Gasteiger partial charge is 0.386 e. The Kier molecular flexibility index (Phi) is 2.49. The highest BCUT2D eigenvalue weighted by Gasteiger charge is 2.94. The molecule has 4 heteroatoms. The number of rotatable bonds is 1. The average Bonchev–Trinajstić information content (AvgIpc) is 3.05. The predicted octanol–water partition coefficient (Wildman–Crippen LogP) is 2.08. The van der Waals surface area contributed by atoms with Gasteiger partial charge in [0.1, 0.15) is 23.9 Å². The molecular weight excluding hydrogens is 304 g/mol. The van der Waals surface area contributed by atoms with Crippen LogP contribution in [0.25, 0.3) is 0 Å². The van der Waals surface area contributed by atoms with E-state index in [4.69, 9.17) is 4.74 Å². The Balaban J connectivity index is 1.74. The van der Waals surface area contributed by atoms with Crippen LogP contribution in [0.15, 0.2) is 12.2 Å². The van der Waals surface area contributed by atoms with Crippen LogP contribution in [0.3, 0.4) is 0 Å². The second kappa shape index (κ2) is 3.84. The number of ether oxygens (including phenoxy) is 1. The van der Waals surface area contributed by atoms with Crippen molar-refractivity contribution < 1.29 is 19.7 Å². The molecule has 0 aromatic rings. The molecule has 132 valence electrons. The van der Waals surface area contributed by atoms with Crippen LogP contribution in [0.4, 0.5) is 0 Å². The van der Waals surface area contributed by atoms with E-state index in [0.717, 1.165) is 24.8 Å². The quantitative estimate of drug-likeness (QED) is 0.570. The van der Waals surface area contributed by atoms with Crippen molar-refractivity contribution in [2.24, 2.45) is 34.0 Å². The highest BCUT2D eigenvalue weighted by Crippen LogP contribution is 2.86. The lowest BCUT2D eigenvalue weighted by atomic mass is 9.55. The van der Waals surface area contributed by atoms with Gasteiger partial charge in [0.05, 0.1) is 0 Å². The number of hydrogen-bond acceptors (Lipinski definition) is 4. The molecule has 5 rings (SSSR count). The monoisotopic (exact) mass is 332 g/mol. The van der Waals surface area contributed by atoms with Crippen molar-refractivity contribution in [2.75, 3.05) is 0 Å². The molecule has 2 spiro atoms. The highest BCUT2D eigenvalue weighted by molar-refractivity contribution is 5.95. The molecule has 0 aromatic carbocycles. The predicted molar refractivity (Wildman–Crippen MR) is 88.1 cm³/mol. The Morgan fingerprint density at radius 3 is 2.58 bits per heavy atom. The van der Waals surface area contributed by atoms with E-state index in [1.54, 1.807) is 0 Å². The van der Waals surface area contributed by atoms with Crippen LogP contribution in [0, 0.1) is 34.0 Å². The second-order valence-electron chi connectivity index (χ2n) is 9.75.